The van der Waals surface area contributed by atoms with Gasteiger partial charge in [-0.25, -0.2) is 0 Å². The molecule has 0 aromatic heterocycles. The van der Waals surface area contributed by atoms with Crippen LogP contribution in [0.2, 0.25) is 0 Å². The van der Waals surface area contributed by atoms with Crippen LogP contribution in [0.5, 0.6) is 0 Å². The normalized spacial score (nSPS) is 9.92. The molecule has 0 aliphatic carbocycles. The molecule has 0 amide bonds. The van der Waals surface area contributed by atoms with Crippen molar-refractivity contribution < 1.29 is 0 Å². The first kappa shape index (κ1) is 10.3. The molecule has 0 saturated carbocycles. The molecule has 0 spiro atoms. The number of anilines is 1. The van der Waals surface area contributed by atoms with E-state index >= 15 is 0 Å². The maximum absolute atomic E-state index is 4.20. The molecule has 0 fully saturated rings. The molecular weight excluding hydrogens is 254 g/mol. The van der Waals surface area contributed by atoms with E-state index in [0.717, 1.165) is 10.2 Å². The lowest BCUT2D eigenvalue weighted by Crippen LogP contribution is -2.18. The van der Waals surface area contributed by atoms with Gasteiger partial charge in [0.1, 0.15) is 0 Å². The highest BCUT2D eigenvalue weighted by molar-refractivity contribution is 9.10. The third kappa shape index (κ3) is 2.61. The van der Waals surface area contributed by atoms with Crippen molar-refractivity contribution in [3.05, 3.63) is 28.7 Å². The highest BCUT2D eigenvalue weighted by Gasteiger charge is 2.00. The first-order valence-electron chi connectivity index (χ1n) is 3.50. The first-order valence-corrected chi connectivity index (χ1v) is 5.56. The predicted molar refractivity (Wildman–Crippen MR) is 64.3 cm³/mol. The molecule has 1 nitrogen and oxygen atoms in total. The highest BCUT2D eigenvalue weighted by Crippen LogP contribution is 2.18. The van der Waals surface area contributed by atoms with Crippen LogP contribution in [-0.2, 0) is 0 Å². The summed E-state index contributed by atoms with van der Waals surface area (Å²) in [6.45, 7) is 0. The summed E-state index contributed by atoms with van der Waals surface area (Å²) in [6, 6.07) is 8.09. The minimum absolute atomic E-state index is 0.686. The molecule has 0 saturated heterocycles. The van der Waals surface area contributed by atoms with Gasteiger partial charge in [-0.05, 0) is 24.3 Å². The second-order valence-corrected chi connectivity index (χ2v) is 3.78. The molecule has 12 heavy (non-hydrogen) atoms. The van der Waals surface area contributed by atoms with Gasteiger partial charge in [0, 0.05) is 10.2 Å². The Bertz CT molecular complexity index is 233. The van der Waals surface area contributed by atoms with Gasteiger partial charge in [0.15, 0.2) is 0 Å². The number of thiol groups is 2. The summed E-state index contributed by atoms with van der Waals surface area (Å²) in [5, 5.41) is 0. The van der Waals surface area contributed by atoms with E-state index in [1.807, 2.05) is 24.3 Å². The maximum atomic E-state index is 4.20. The largest absolute Gasteiger partial charge is 0.354 e. The highest BCUT2D eigenvalue weighted by atomic mass is 79.9. The van der Waals surface area contributed by atoms with Gasteiger partial charge in [0.2, 0.25) is 0 Å². The Morgan fingerprint density at radius 3 is 2.00 bits per heavy atom. The summed E-state index contributed by atoms with van der Waals surface area (Å²) < 4.78 is 1.09. The lowest BCUT2D eigenvalue weighted by atomic mass is 10.3. The maximum Gasteiger partial charge on any atom is 0.0618 e. The molecular formula is C8H10BrNS2. The SMILES string of the molecule is SCN(CS)c1ccc(Br)cc1. The van der Waals surface area contributed by atoms with Crippen LogP contribution < -0.4 is 4.90 Å². The van der Waals surface area contributed by atoms with E-state index in [4.69, 9.17) is 0 Å². The smallest absolute Gasteiger partial charge is 0.0618 e. The van der Waals surface area contributed by atoms with Gasteiger partial charge in [-0.15, -0.1) is 0 Å². The second kappa shape index (κ2) is 5.04. The second-order valence-electron chi connectivity index (χ2n) is 2.30. The van der Waals surface area contributed by atoms with E-state index in [0.29, 0.717) is 11.8 Å². The van der Waals surface area contributed by atoms with Gasteiger partial charge in [-0.2, -0.15) is 25.3 Å². The minimum Gasteiger partial charge on any atom is -0.354 e. The van der Waals surface area contributed by atoms with Gasteiger partial charge >= 0.3 is 0 Å². The van der Waals surface area contributed by atoms with Crippen molar-refractivity contribution in [3.63, 3.8) is 0 Å². The molecule has 0 atom stereocenters. The van der Waals surface area contributed by atoms with E-state index in [1.54, 1.807) is 0 Å². The van der Waals surface area contributed by atoms with E-state index in [9.17, 15) is 0 Å². The average molecular weight is 264 g/mol. The molecule has 1 aromatic rings. The Morgan fingerprint density at radius 2 is 1.58 bits per heavy atom. The lowest BCUT2D eigenvalue weighted by Gasteiger charge is -2.19. The van der Waals surface area contributed by atoms with E-state index in [1.165, 1.54) is 0 Å². The number of hydrogen-bond acceptors (Lipinski definition) is 3. The Morgan fingerprint density at radius 1 is 1.08 bits per heavy atom. The zero-order chi connectivity index (χ0) is 8.97. The summed E-state index contributed by atoms with van der Waals surface area (Å²) in [6.07, 6.45) is 0. The minimum atomic E-state index is 0.686. The molecule has 0 heterocycles. The molecule has 0 unspecified atom stereocenters. The summed E-state index contributed by atoms with van der Waals surface area (Å²) >= 11 is 11.8. The Balaban J connectivity index is 2.80. The number of rotatable bonds is 3. The van der Waals surface area contributed by atoms with Gasteiger partial charge in [-0.3, -0.25) is 0 Å². The van der Waals surface area contributed by atoms with E-state index < -0.39 is 0 Å². The molecule has 0 radical (unpaired) electrons. The Kier molecular flexibility index (Phi) is 4.32. The third-order valence-electron chi connectivity index (χ3n) is 1.53. The molecule has 1 rings (SSSR count). The zero-order valence-electron chi connectivity index (χ0n) is 6.44. The predicted octanol–water partition coefficient (Wildman–Crippen LogP) is 3.03. The molecule has 0 N–H and O–H groups in total. The third-order valence-corrected chi connectivity index (χ3v) is 2.74. The first-order chi connectivity index (χ1) is 5.77. The zero-order valence-corrected chi connectivity index (χ0v) is 9.82. The van der Waals surface area contributed by atoms with Gasteiger partial charge in [0.25, 0.3) is 0 Å². The monoisotopic (exact) mass is 263 g/mol. The summed E-state index contributed by atoms with van der Waals surface area (Å²) in [7, 11) is 0. The van der Waals surface area contributed by atoms with Crippen LogP contribution in [0.4, 0.5) is 5.69 Å². The van der Waals surface area contributed by atoms with Crippen molar-refractivity contribution in [2.24, 2.45) is 0 Å². The van der Waals surface area contributed by atoms with Crippen LogP contribution in [-0.4, -0.2) is 11.8 Å². The average Bonchev–Trinajstić information content (AvgIpc) is 2.10. The molecule has 66 valence electrons. The van der Waals surface area contributed by atoms with Crippen LogP contribution in [0.15, 0.2) is 28.7 Å². The van der Waals surface area contributed by atoms with Crippen molar-refractivity contribution >= 4 is 46.9 Å². The van der Waals surface area contributed by atoms with Crippen LogP contribution in [0.1, 0.15) is 0 Å². The summed E-state index contributed by atoms with van der Waals surface area (Å²) in [4.78, 5) is 2.05. The van der Waals surface area contributed by atoms with Crippen molar-refractivity contribution in [2.75, 3.05) is 16.7 Å². The number of nitrogens with zero attached hydrogens (tertiary/aromatic N) is 1. The number of benzene rings is 1. The molecule has 1 aromatic carbocycles. The number of halogens is 1. The Labute approximate surface area is 92.1 Å². The van der Waals surface area contributed by atoms with Crippen molar-refractivity contribution in [1.82, 2.24) is 0 Å². The molecule has 4 heteroatoms. The van der Waals surface area contributed by atoms with Crippen LogP contribution in [0.3, 0.4) is 0 Å². The van der Waals surface area contributed by atoms with Gasteiger partial charge in [-0.1, -0.05) is 15.9 Å². The van der Waals surface area contributed by atoms with Crippen LogP contribution in [0, 0.1) is 0 Å². The van der Waals surface area contributed by atoms with Gasteiger partial charge < -0.3 is 4.90 Å². The summed E-state index contributed by atoms with van der Waals surface area (Å²) in [5.41, 5.74) is 1.14. The van der Waals surface area contributed by atoms with E-state index in [2.05, 4.69) is 46.1 Å². The molecule has 0 aliphatic heterocycles. The van der Waals surface area contributed by atoms with Crippen LogP contribution >= 0.6 is 41.2 Å². The molecule has 0 bridgehead atoms. The number of hydrogen-bond donors (Lipinski definition) is 2. The van der Waals surface area contributed by atoms with Gasteiger partial charge in [0.05, 0.1) is 11.8 Å². The van der Waals surface area contributed by atoms with Crippen molar-refractivity contribution in [1.29, 1.82) is 0 Å². The topological polar surface area (TPSA) is 3.24 Å². The van der Waals surface area contributed by atoms with Crippen molar-refractivity contribution in [2.45, 2.75) is 0 Å². The summed E-state index contributed by atoms with van der Waals surface area (Å²) in [5.74, 6) is 1.37. The van der Waals surface area contributed by atoms with E-state index in [-0.39, 0.29) is 0 Å². The fraction of sp³-hybridized carbons (Fsp3) is 0.250. The lowest BCUT2D eigenvalue weighted by molar-refractivity contribution is 1.07. The fourth-order valence-electron chi connectivity index (χ4n) is 0.860. The Hall–Kier alpha value is 0.200. The standard InChI is InChI=1S/C8H10BrNS2/c9-7-1-3-8(4-2-7)10(5-11)6-12/h1-4,11-12H,5-6H2. The molecule has 0 aliphatic rings. The van der Waals surface area contributed by atoms with Crippen LogP contribution in [0.25, 0.3) is 0 Å². The quantitative estimate of drug-likeness (QED) is 0.627. The fourth-order valence-corrected chi connectivity index (χ4v) is 1.81. The van der Waals surface area contributed by atoms with Crippen molar-refractivity contribution in [3.8, 4) is 0 Å².